The summed E-state index contributed by atoms with van der Waals surface area (Å²) >= 11 is 0. The van der Waals surface area contributed by atoms with Gasteiger partial charge in [-0.05, 0) is 37.3 Å². The summed E-state index contributed by atoms with van der Waals surface area (Å²) in [6, 6.07) is 19.8. The van der Waals surface area contributed by atoms with Crippen LogP contribution in [0.25, 0.3) is 28.5 Å². The van der Waals surface area contributed by atoms with Crippen molar-refractivity contribution in [1.29, 1.82) is 0 Å². The van der Waals surface area contributed by atoms with Gasteiger partial charge >= 0.3 is 0 Å². The average molecular weight is 597 g/mol. The number of aliphatic imine (C=N–C) groups is 2. The summed E-state index contributed by atoms with van der Waals surface area (Å²) in [6.07, 6.45) is 17.8. The van der Waals surface area contributed by atoms with Crippen molar-refractivity contribution in [3.05, 3.63) is 139 Å². The molecule has 0 amide bonds. The van der Waals surface area contributed by atoms with E-state index in [-0.39, 0.29) is 5.92 Å². The third-order valence-corrected chi connectivity index (χ3v) is 7.10. The molecule has 0 radical (unpaired) electrons. The van der Waals surface area contributed by atoms with Crippen molar-refractivity contribution in [3.8, 4) is 22.8 Å². The fourth-order valence-electron chi connectivity index (χ4n) is 4.61. The monoisotopic (exact) mass is 596 g/mol. The first-order valence-electron chi connectivity index (χ1n) is 15.2. The summed E-state index contributed by atoms with van der Waals surface area (Å²) in [6.45, 7) is 14.8. The fraction of sp³-hybridized carbons (Fsp3) is 0.211. The highest BCUT2D eigenvalue weighted by Gasteiger charge is 2.32. The Hall–Kier alpha value is -5.30. The normalized spacial score (nSPS) is 16.1. The SMILES string of the molecule is C=C(/C=C\CC(C)C)/C(N)=N/C(=N\C)C1=CC(C(=C)/C=C\C=C/C)CC=C1[n+]1nc(-c2ccccc2)nc(-c2ccccc2)n1. The molecule has 45 heavy (non-hydrogen) atoms. The van der Waals surface area contributed by atoms with Crippen LogP contribution in [0.15, 0.2) is 149 Å². The van der Waals surface area contributed by atoms with Gasteiger partial charge in [-0.2, -0.15) is 4.98 Å². The first kappa shape index (κ1) is 32.6. The Morgan fingerprint density at radius 3 is 2.16 bits per heavy atom. The molecular weight excluding hydrogens is 554 g/mol. The summed E-state index contributed by atoms with van der Waals surface area (Å²) in [4.78, 5) is 15.8. The molecule has 4 rings (SSSR count). The molecule has 0 spiro atoms. The molecule has 7 nitrogen and oxygen atoms in total. The van der Waals surface area contributed by atoms with Crippen LogP contribution >= 0.6 is 0 Å². The van der Waals surface area contributed by atoms with Crippen molar-refractivity contribution in [2.75, 3.05) is 7.05 Å². The van der Waals surface area contributed by atoms with Crippen LogP contribution in [-0.2, 0) is 0 Å². The maximum Gasteiger partial charge on any atom is 0.275 e. The lowest BCUT2D eigenvalue weighted by Crippen LogP contribution is -2.44. The lowest BCUT2D eigenvalue weighted by Gasteiger charge is -2.18. The van der Waals surface area contributed by atoms with Gasteiger partial charge in [-0.25, -0.2) is 4.99 Å². The fourth-order valence-corrected chi connectivity index (χ4v) is 4.61. The Morgan fingerprint density at radius 1 is 0.978 bits per heavy atom. The molecule has 0 saturated carbocycles. The Labute approximate surface area is 267 Å². The van der Waals surface area contributed by atoms with E-state index >= 15 is 0 Å². The van der Waals surface area contributed by atoms with E-state index in [1.165, 1.54) is 0 Å². The molecule has 1 heterocycles. The predicted molar refractivity (Wildman–Crippen MR) is 187 cm³/mol. The summed E-state index contributed by atoms with van der Waals surface area (Å²) < 4.78 is 0. The van der Waals surface area contributed by atoms with E-state index < -0.39 is 0 Å². The summed E-state index contributed by atoms with van der Waals surface area (Å²) in [7, 11) is 1.70. The Morgan fingerprint density at radius 2 is 1.60 bits per heavy atom. The quantitative estimate of drug-likeness (QED) is 0.107. The van der Waals surface area contributed by atoms with Crippen molar-refractivity contribution < 1.29 is 4.80 Å². The van der Waals surface area contributed by atoms with E-state index in [0.29, 0.717) is 41.2 Å². The highest BCUT2D eigenvalue weighted by Crippen LogP contribution is 2.30. The molecule has 1 aliphatic carbocycles. The van der Waals surface area contributed by atoms with Gasteiger partial charge < -0.3 is 5.73 Å². The second kappa shape index (κ2) is 16.0. The second-order valence-corrected chi connectivity index (χ2v) is 11.1. The Balaban J connectivity index is 1.84. The Bertz CT molecular complexity index is 1660. The number of aromatic nitrogens is 4. The molecule has 1 unspecified atom stereocenters. The number of amidine groups is 2. The van der Waals surface area contributed by atoms with Crippen molar-refractivity contribution in [3.63, 3.8) is 0 Å². The molecule has 0 bridgehead atoms. The lowest BCUT2D eigenvalue weighted by molar-refractivity contribution is -0.703. The molecule has 0 fully saturated rings. The predicted octanol–water partition coefficient (Wildman–Crippen LogP) is 7.51. The van der Waals surface area contributed by atoms with Gasteiger partial charge in [-0.1, -0.05) is 130 Å². The number of nitrogens with zero attached hydrogens (tertiary/aromatic N) is 6. The number of allylic oxidation sites excluding steroid dienone is 8. The van der Waals surface area contributed by atoms with Gasteiger partial charge in [-0.15, -0.1) is 0 Å². The van der Waals surface area contributed by atoms with E-state index in [0.717, 1.165) is 34.4 Å². The van der Waals surface area contributed by atoms with E-state index in [2.05, 4.69) is 50.2 Å². The van der Waals surface area contributed by atoms with Crippen LogP contribution in [0, 0.1) is 11.8 Å². The zero-order chi connectivity index (χ0) is 32.2. The highest BCUT2D eigenvalue weighted by atomic mass is 15.5. The smallest absolute Gasteiger partial charge is 0.275 e. The number of hydrogen-bond donors (Lipinski definition) is 1. The molecule has 2 N–H and O–H groups in total. The van der Waals surface area contributed by atoms with Crippen LogP contribution < -0.4 is 10.5 Å². The van der Waals surface area contributed by atoms with Crippen LogP contribution in [0.4, 0.5) is 0 Å². The topological polar surface area (TPSA) is 93.3 Å². The maximum atomic E-state index is 6.46. The van der Waals surface area contributed by atoms with Gasteiger partial charge in [0.1, 0.15) is 5.84 Å². The molecule has 1 atom stereocenters. The molecule has 2 aromatic carbocycles. The first-order chi connectivity index (χ1) is 21.8. The van der Waals surface area contributed by atoms with Crippen LogP contribution in [0.5, 0.6) is 0 Å². The maximum absolute atomic E-state index is 6.46. The van der Waals surface area contributed by atoms with Gasteiger partial charge in [0.15, 0.2) is 5.84 Å². The first-order valence-corrected chi connectivity index (χ1v) is 15.2. The molecule has 3 aromatic rings. The summed E-state index contributed by atoms with van der Waals surface area (Å²) in [5, 5.41) is 9.80. The molecule has 7 heteroatoms. The average Bonchev–Trinajstić information content (AvgIpc) is 3.07. The third-order valence-electron chi connectivity index (χ3n) is 7.10. The molecule has 0 saturated heterocycles. The van der Waals surface area contributed by atoms with Gasteiger partial charge in [0.2, 0.25) is 11.6 Å². The van der Waals surface area contributed by atoms with E-state index in [9.17, 15) is 0 Å². The van der Waals surface area contributed by atoms with Crippen molar-refractivity contribution >= 4 is 17.4 Å². The standard InChI is InChI=1S/C38H42N7/c1-7-8-11-18-28(4)32-24-25-34(33(26-32)38(40-6)41-35(39)29(5)19-16-17-27(2)3)45-43-36(30-20-12-9-13-21-30)42-37(44-45)31-22-14-10-15-23-31/h7-16,18-23,25-27,32H,4-5,17,24H2,1-3,6H3,(H2,39,40,41)/q+1/b8-7-,18-11-,19-16-. The van der Waals surface area contributed by atoms with Crippen molar-refractivity contribution in [2.24, 2.45) is 27.6 Å². The number of hydrogen-bond acceptors (Lipinski definition) is 4. The van der Waals surface area contributed by atoms with Gasteiger partial charge in [0.25, 0.3) is 5.70 Å². The van der Waals surface area contributed by atoms with Crippen LogP contribution in [0.2, 0.25) is 0 Å². The third kappa shape index (κ3) is 8.86. The zero-order valence-corrected chi connectivity index (χ0v) is 26.6. The second-order valence-electron chi connectivity index (χ2n) is 11.1. The van der Waals surface area contributed by atoms with Crippen molar-refractivity contribution in [2.45, 2.75) is 33.6 Å². The van der Waals surface area contributed by atoms with Gasteiger partial charge in [0.05, 0.1) is 20.6 Å². The van der Waals surface area contributed by atoms with Crippen LogP contribution in [-0.4, -0.2) is 33.9 Å². The molecule has 228 valence electrons. The zero-order valence-electron chi connectivity index (χ0n) is 26.6. The van der Waals surface area contributed by atoms with Crippen LogP contribution in [0.3, 0.4) is 0 Å². The number of nitrogens with two attached hydrogens (primary N) is 1. The molecule has 1 aromatic heterocycles. The van der Waals surface area contributed by atoms with E-state index in [1.807, 2.05) is 98.0 Å². The summed E-state index contributed by atoms with van der Waals surface area (Å²) in [5.74, 6) is 2.38. The van der Waals surface area contributed by atoms with Gasteiger partial charge in [-0.3, -0.25) is 4.99 Å². The van der Waals surface area contributed by atoms with Gasteiger partial charge in [0, 0.05) is 29.7 Å². The Kier molecular flexibility index (Phi) is 11.6. The van der Waals surface area contributed by atoms with E-state index in [4.69, 9.17) is 25.9 Å². The van der Waals surface area contributed by atoms with E-state index in [1.54, 1.807) is 11.8 Å². The van der Waals surface area contributed by atoms with Crippen LogP contribution in [0.1, 0.15) is 33.6 Å². The largest absolute Gasteiger partial charge is 0.383 e. The minimum absolute atomic E-state index is 0.0113. The summed E-state index contributed by atoms with van der Waals surface area (Å²) in [5.41, 5.74) is 11.3. The number of benzene rings is 2. The number of rotatable bonds is 11. The highest BCUT2D eigenvalue weighted by molar-refractivity contribution is 6.15. The molecular formula is C38H42N7+. The van der Waals surface area contributed by atoms with Crippen molar-refractivity contribution in [1.82, 2.24) is 15.2 Å². The molecule has 1 aliphatic rings. The molecule has 0 aliphatic heterocycles. The minimum atomic E-state index is 0.0113. The lowest BCUT2D eigenvalue weighted by atomic mass is 9.88. The minimum Gasteiger partial charge on any atom is -0.383 e.